The van der Waals surface area contributed by atoms with Crippen molar-refractivity contribution < 1.29 is 19.7 Å². The molecule has 1 aromatic carbocycles. The van der Waals surface area contributed by atoms with E-state index >= 15 is 0 Å². The van der Waals surface area contributed by atoms with E-state index in [4.69, 9.17) is 22.1 Å². The lowest BCUT2D eigenvalue weighted by Crippen LogP contribution is -1.99. The summed E-state index contributed by atoms with van der Waals surface area (Å²) in [6.07, 6.45) is 5.98. The smallest absolute Gasteiger partial charge is 0.303 e. The first kappa shape index (κ1) is 19.3. The number of methoxy groups -OCH3 is 1. The summed E-state index contributed by atoms with van der Waals surface area (Å²) >= 11 is 6.73. The summed E-state index contributed by atoms with van der Waals surface area (Å²) in [5.41, 5.74) is 2.71. The molecule has 2 N–H and O–H groups in total. The number of aliphatic imine (C=N–C) groups is 1. The Morgan fingerprint density at radius 1 is 1.37 bits per heavy atom. The van der Waals surface area contributed by atoms with Crippen molar-refractivity contribution in [3.63, 3.8) is 0 Å². The van der Waals surface area contributed by atoms with Crippen LogP contribution in [0.15, 0.2) is 23.2 Å². The minimum absolute atomic E-state index is 0.139. The van der Waals surface area contributed by atoms with Crippen LogP contribution in [0.2, 0.25) is 0 Å². The Hall–Kier alpha value is -2.45. The summed E-state index contributed by atoms with van der Waals surface area (Å²) in [6, 6.07) is 5.68. The number of hydrogen-bond donors (Lipinski definition) is 2. The van der Waals surface area contributed by atoms with E-state index in [9.17, 15) is 9.90 Å². The number of aliphatic carboxylic acids is 1. The number of thiazole rings is 1. The summed E-state index contributed by atoms with van der Waals surface area (Å²) in [6.45, 7) is 0.572. The van der Waals surface area contributed by atoms with Crippen molar-refractivity contribution in [3.8, 4) is 11.6 Å². The first-order valence-corrected chi connectivity index (χ1v) is 9.80. The Morgan fingerprint density at radius 3 is 2.93 bits per heavy atom. The highest BCUT2D eigenvalue weighted by atomic mass is 32.1. The van der Waals surface area contributed by atoms with Crippen LogP contribution in [0.1, 0.15) is 36.1 Å². The Morgan fingerprint density at radius 2 is 2.19 bits per heavy atom. The molecule has 0 amide bonds. The number of carboxylic acid groups (broad SMARTS) is 1. The quantitative estimate of drug-likeness (QED) is 0.483. The van der Waals surface area contributed by atoms with Crippen LogP contribution in [-0.2, 0) is 11.3 Å². The van der Waals surface area contributed by atoms with Crippen molar-refractivity contribution in [1.82, 2.24) is 4.57 Å². The molecule has 142 valence electrons. The van der Waals surface area contributed by atoms with Gasteiger partial charge < -0.3 is 14.9 Å². The van der Waals surface area contributed by atoms with Gasteiger partial charge in [0.25, 0.3) is 0 Å². The van der Waals surface area contributed by atoms with Gasteiger partial charge in [-0.25, -0.2) is 0 Å². The van der Waals surface area contributed by atoms with Crippen LogP contribution in [0.25, 0.3) is 11.6 Å². The maximum atomic E-state index is 10.6. The van der Waals surface area contributed by atoms with Gasteiger partial charge in [0, 0.05) is 30.3 Å². The Labute approximate surface area is 166 Å². The molecule has 27 heavy (non-hydrogen) atoms. The minimum Gasteiger partial charge on any atom is -0.497 e. The number of aromatic nitrogens is 1. The molecular formula is C19H20N2O4S2. The summed E-state index contributed by atoms with van der Waals surface area (Å²) in [7, 11) is 1.62. The van der Waals surface area contributed by atoms with E-state index in [0.29, 0.717) is 21.8 Å². The topological polar surface area (TPSA) is 84.0 Å². The van der Waals surface area contributed by atoms with Gasteiger partial charge in [-0.1, -0.05) is 6.42 Å². The van der Waals surface area contributed by atoms with Crippen LogP contribution in [0.5, 0.6) is 11.6 Å². The number of allylic oxidation sites excluding steroid dienone is 1. The van der Waals surface area contributed by atoms with Crippen LogP contribution >= 0.6 is 23.6 Å². The second-order valence-electron chi connectivity index (χ2n) is 6.15. The zero-order valence-corrected chi connectivity index (χ0v) is 16.5. The van der Waals surface area contributed by atoms with Crippen LogP contribution in [-0.4, -0.2) is 34.1 Å². The van der Waals surface area contributed by atoms with E-state index in [1.165, 1.54) is 11.3 Å². The Bertz CT molecular complexity index is 973. The lowest BCUT2D eigenvalue weighted by molar-refractivity contribution is -0.137. The number of aromatic hydroxyl groups is 1. The standard InChI is InChI=1S/C19H20N2O4S2/c1-25-13-6-7-15-14(10-13)12(11-20-15)9-16-18(24)21(19(26)27-16)8-4-2-3-5-17(22)23/h6-7,9-11,24H,2-5,8H2,1H3,(H,22,23)/b12-9+. The maximum absolute atomic E-state index is 10.6. The van der Waals surface area contributed by atoms with Crippen molar-refractivity contribution in [2.45, 2.75) is 32.2 Å². The number of hydrogen-bond acceptors (Lipinski definition) is 6. The predicted octanol–water partition coefficient (Wildman–Crippen LogP) is 4.89. The molecular weight excluding hydrogens is 384 g/mol. The van der Waals surface area contributed by atoms with Gasteiger partial charge >= 0.3 is 5.97 Å². The molecule has 0 radical (unpaired) electrons. The Balaban J connectivity index is 1.76. The van der Waals surface area contributed by atoms with E-state index < -0.39 is 5.97 Å². The van der Waals surface area contributed by atoms with Crippen LogP contribution < -0.4 is 4.74 Å². The molecule has 0 atom stereocenters. The van der Waals surface area contributed by atoms with Crippen LogP contribution in [0, 0.1) is 3.95 Å². The van der Waals surface area contributed by atoms with Gasteiger partial charge in [-0.3, -0.25) is 14.4 Å². The molecule has 1 aliphatic heterocycles. The van der Waals surface area contributed by atoms with Crippen LogP contribution in [0.3, 0.4) is 0 Å². The van der Waals surface area contributed by atoms with Gasteiger partial charge in [0.1, 0.15) is 5.75 Å². The van der Waals surface area contributed by atoms with E-state index in [1.54, 1.807) is 17.9 Å². The van der Waals surface area contributed by atoms with Gasteiger partial charge in [0.2, 0.25) is 5.88 Å². The third-order valence-corrected chi connectivity index (χ3v) is 5.70. The molecule has 2 heterocycles. The van der Waals surface area contributed by atoms with Crippen LogP contribution in [0.4, 0.5) is 5.69 Å². The Kier molecular flexibility index (Phi) is 6.08. The van der Waals surface area contributed by atoms with Gasteiger partial charge in [0.05, 0.1) is 17.7 Å². The molecule has 3 rings (SSSR count). The molecule has 0 saturated carbocycles. The van der Waals surface area contributed by atoms with E-state index in [1.807, 2.05) is 24.3 Å². The molecule has 0 bridgehead atoms. The zero-order chi connectivity index (χ0) is 19.4. The minimum atomic E-state index is -0.783. The monoisotopic (exact) mass is 404 g/mol. The fraction of sp³-hybridized carbons (Fsp3) is 0.316. The number of carboxylic acids is 1. The number of unbranched alkanes of at least 4 members (excludes halogenated alkanes) is 2. The molecule has 0 spiro atoms. The van der Waals surface area contributed by atoms with Crippen molar-refractivity contribution >= 4 is 53.1 Å². The average molecular weight is 405 g/mol. The highest BCUT2D eigenvalue weighted by molar-refractivity contribution is 7.73. The van der Waals surface area contributed by atoms with Crippen molar-refractivity contribution in [2.75, 3.05) is 7.11 Å². The third kappa shape index (κ3) is 4.45. The fourth-order valence-electron chi connectivity index (χ4n) is 2.88. The largest absolute Gasteiger partial charge is 0.497 e. The number of rotatable bonds is 8. The van der Waals surface area contributed by atoms with E-state index in [-0.39, 0.29) is 12.3 Å². The molecule has 6 nitrogen and oxygen atoms in total. The predicted molar refractivity (Wildman–Crippen MR) is 110 cm³/mol. The number of fused-ring (bicyclic) bond motifs is 1. The second kappa shape index (κ2) is 8.49. The van der Waals surface area contributed by atoms with E-state index in [2.05, 4.69) is 4.99 Å². The normalized spacial score (nSPS) is 13.9. The highest BCUT2D eigenvalue weighted by Gasteiger charge is 2.16. The van der Waals surface area contributed by atoms with Gasteiger partial charge in [-0.2, -0.15) is 0 Å². The SMILES string of the molecule is COc1ccc2c(c1)/C(=C/c1sc(=S)n(CCCCCC(=O)O)c1O)C=N2. The number of benzene rings is 1. The summed E-state index contributed by atoms with van der Waals surface area (Å²) < 4.78 is 7.57. The lowest BCUT2D eigenvalue weighted by Gasteiger charge is -2.05. The average Bonchev–Trinajstić information content (AvgIpc) is 3.16. The molecule has 0 unspecified atom stereocenters. The number of ether oxygens (including phenoxy) is 1. The van der Waals surface area contributed by atoms with Gasteiger partial charge in [-0.15, -0.1) is 11.3 Å². The molecule has 0 saturated heterocycles. The first-order valence-electron chi connectivity index (χ1n) is 8.58. The second-order valence-corrected chi connectivity index (χ2v) is 7.83. The van der Waals surface area contributed by atoms with Gasteiger partial charge in [-0.05, 0) is 49.3 Å². The molecule has 8 heteroatoms. The number of carbonyl (C=O) groups is 1. The summed E-state index contributed by atoms with van der Waals surface area (Å²) in [4.78, 5) is 15.6. The van der Waals surface area contributed by atoms with E-state index in [0.717, 1.165) is 35.4 Å². The molecule has 1 aromatic heterocycles. The highest BCUT2D eigenvalue weighted by Crippen LogP contribution is 2.37. The molecule has 0 fully saturated rings. The fourth-order valence-corrected chi connectivity index (χ4v) is 4.19. The summed E-state index contributed by atoms with van der Waals surface area (Å²) in [5, 5.41) is 19.2. The molecule has 2 aromatic rings. The zero-order valence-electron chi connectivity index (χ0n) is 14.8. The lowest BCUT2D eigenvalue weighted by atomic mass is 10.1. The van der Waals surface area contributed by atoms with Crippen molar-refractivity contribution in [2.24, 2.45) is 4.99 Å². The molecule has 0 aliphatic carbocycles. The summed E-state index contributed by atoms with van der Waals surface area (Å²) in [5.74, 6) is 0.107. The number of nitrogens with zero attached hydrogens (tertiary/aromatic N) is 2. The first-order chi connectivity index (χ1) is 13.0. The van der Waals surface area contributed by atoms with Gasteiger partial charge in [0.15, 0.2) is 3.95 Å². The molecule has 1 aliphatic rings. The maximum Gasteiger partial charge on any atom is 0.303 e. The third-order valence-electron chi connectivity index (χ3n) is 4.31. The van der Waals surface area contributed by atoms with Crippen molar-refractivity contribution in [1.29, 1.82) is 0 Å². The van der Waals surface area contributed by atoms with Crippen molar-refractivity contribution in [3.05, 3.63) is 32.6 Å².